The van der Waals surface area contributed by atoms with Gasteiger partial charge in [0.05, 0.1) is 23.7 Å². The van der Waals surface area contributed by atoms with Crippen LogP contribution < -0.4 is 10.1 Å². The highest BCUT2D eigenvalue weighted by Crippen LogP contribution is 2.31. The summed E-state index contributed by atoms with van der Waals surface area (Å²) in [5.74, 6) is -1.47. The Balaban J connectivity index is 1.80. The lowest BCUT2D eigenvalue weighted by molar-refractivity contribution is -0.120. The van der Waals surface area contributed by atoms with Crippen LogP contribution in [-0.4, -0.2) is 38.8 Å². The van der Waals surface area contributed by atoms with Gasteiger partial charge in [-0.15, -0.1) is 0 Å². The fourth-order valence-corrected chi connectivity index (χ4v) is 5.04. The van der Waals surface area contributed by atoms with Crippen molar-refractivity contribution in [2.45, 2.75) is 17.7 Å². The van der Waals surface area contributed by atoms with Crippen molar-refractivity contribution in [3.63, 3.8) is 0 Å². The quantitative estimate of drug-likeness (QED) is 0.793. The van der Waals surface area contributed by atoms with Crippen molar-refractivity contribution in [1.29, 1.82) is 0 Å². The molecular formula is C19H20ClFN2O4S. The van der Waals surface area contributed by atoms with Gasteiger partial charge in [0.1, 0.15) is 16.5 Å². The van der Waals surface area contributed by atoms with Gasteiger partial charge in [-0.05, 0) is 43.2 Å². The maximum absolute atomic E-state index is 13.7. The molecule has 1 fully saturated rings. The van der Waals surface area contributed by atoms with Gasteiger partial charge in [0.15, 0.2) is 0 Å². The van der Waals surface area contributed by atoms with E-state index in [0.717, 1.165) is 12.1 Å². The number of anilines is 1. The Bertz CT molecular complexity index is 984. The molecule has 9 heteroatoms. The van der Waals surface area contributed by atoms with E-state index in [1.165, 1.54) is 17.5 Å². The monoisotopic (exact) mass is 426 g/mol. The smallest absolute Gasteiger partial charge is 0.246 e. The van der Waals surface area contributed by atoms with Crippen LogP contribution in [0.3, 0.4) is 0 Å². The number of hydrogen-bond acceptors (Lipinski definition) is 4. The first-order valence-corrected chi connectivity index (χ1v) is 10.5. The summed E-state index contributed by atoms with van der Waals surface area (Å²) in [6.45, 7) is 0.246. The summed E-state index contributed by atoms with van der Waals surface area (Å²) in [5, 5.41) is 3.15. The molecule has 1 N–H and O–H groups in total. The van der Waals surface area contributed by atoms with E-state index >= 15 is 0 Å². The summed E-state index contributed by atoms with van der Waals surface area (Å²) in [6, 6.07) is 10.2. The first-order valence-electron chi connectivity index (χ1n) is 8.72. The van der Waals surface area contributed by atoms with Gasteiger partial charge in [-0.3, -0.25) is 4.79 Å². The minimum Gasteiger partial charge on any atom is -0.495 e. The third-order valence-corrected chi connectivity index (χ3v) is 6.85. The van der Waals surface area contributed by atoms with Crippen LogP contribution in [0.5, 0.6) is 5.75 Å². The lowest BCUT2D eigenvalue weighted by Crippen LogP contribution is -2.43. The number of hydrogen-bond donors (Lipinski definition) is 1. The number of nitrogens with zero attached hydrogens (tertiary/aromatic N) is 1. The molecule has 1 aliphatic heterocycles. The van der Waals surface area contributed by atoms with Crippen LogP contribution in [0.15, 0.2) is 47.4 Å². The fraction of sp³-hybridized carbons (Fsp3) is 0.316. The van der Waals surface area contributed by atoms with E-state index in [9.17, 15) is 17.6 Å². The van der Waals surface area contributed by atoms with Gasteiger partial charge in [0.2, 0.25) is 15.9 Å². The Morgan fingerprint density at radius 2 is 2.04 bits per heavy atom. The molecule has 2 aromatic rings. The minimum atomic E-state index is -4.01. The topological polar surface area (TPSA) is 75.7 Å². The van der Waals surface area contributed by atoms with Crippen LogP contribution >= 0.6 is 11.6 Å². The number of methoxy groups -OCH3 is 1. The van der Waals surface area contributed by atoms with E-state index in [1.54, 1.807) is 24.3 Å². The van der Waals surface area contributed by atoms with Crippen molar-refractivity contribution in [1.82, 2.24) is 4.31 Å². The van der Waals surface area contributed by atoms with Crippen LogP contribution in [0.2, 0.25) is 5.02 Å². The number of benzene rings is 2. The lowest BCUT2D eigenvalue weighted by atomic mass is 9.99. The SMILES string of the molecule is COc1ccc(F)cc1S(=O)(=O)N1CCC[C@H](C(=O)Nc2ccccc2Cl)C1. The van der Waals surface area contributed by atoms with Crippen LogP contribution in [0.1, 0.15) is 12.8 Å². The first-order chi connectivity index (χ1) is 13.3. The summed E-state index contributed by atoms with van der Waals surface area (Å²) in [4.78, 5) is 12.4. The molecule has 1 aliphatic rings. The second kappa shape index (κ2) is 8.46. The molecule has 0 unspecified atom stereocenters. The Kier molecular flexibility index (Phi) is 6.22. The molecule has 2 aromatic carbocycles. The molecule has 28 heavy (non-hydrogen) atoms. The van der Waals surface area contributed by atoms with Crippen molar-refractivity contribution in [3.8, 4) is 5.75 Å². The molecule has 1 amide bonds. The molecule has 6 nitrogen and oxygen atoms in total. The Hall–Kier alpha value is -2.16. The van der Waals surface area contributed by atoms with Crippen LogP contribution in [-0.2, 0) is 14.8 Å². The number of ether oxygens (including phenoxy) is 1. The number of sulfonamides is 1. The molecule has 0 spiro atoms. The second-order valence-corrected chi connectivity index (χ2v) is 8.78. The largest absolute Gasteiger partial charge is 0.495 e. The number of halogens is 2. The van der Waals surface area contributed by atoms with E-state index in [2.05, 4.69) is 5.32 Å². The number of carbonyl (C=O) groups excluding carboxylic acids is 1. The molecule has 0 radical (unpaired) electrons. The molecule has 1 heterocycles. The highest BCUT2D eigenvalue weighted by Gasteiger charge is 2.35. The number of piperidine rings is 1. The Labute approximate surface area is 168 Å². The number of para-hydroxylation sites is 1. The molecule has 3 rings (SSSR count). The molecule has 150 valence electrons. The molecule has 0 saturated carbocycles. The summed E-state index contributed by atoms with van der Waals surface area (Å²) in [5.41, 5.74) is 0.473. The third-order valence-electron chi connectivity index (χ3n) is 4.63. The zero-order valence-electron chi connectivity index (χ0n) is 15.2. The lowest BCUT2D eigenvalue weighted by Gasteiger charge is -2.31. The van der Waals surface area contributed by atoms with E-state index in [4.69, 9.17) is 16.3 Å². The summed E-state index contributed by atoms with van der Waals surface area (Å²) < 4.78 is 46.0. The Morgan fingerprint density at radius 3 is 2.75 bits per heavy atom. The number of amides is 1. The van der Waals surface area contributed by atoms with Gasteiger partial charge in [-0.1, -0.05) is 23.7 Å². The van der Waals surface area contributed by atoms with E-state index < -0.39 is 21.8 Å². The number of nitrogens with one attached hydrogen (secondary N) is 1. The van der Waals surface area contributed by atoms with Gasteiger partial charge < -0.3 is 10.1 Å². The van der Waals surface area contributed by atoms with Crippen molar-refractivity contribution >= 4 is 33.2 Å². The fourth-order valence-electron chi connectivity index (χ4n) is 3.16. The Morgan fingerprint density at radius 1 is 1.29 bits per heavy atom. The maximum Gasteiger partial charge on any atom is 0.246 e. The van der Waals surface area contributed by atoms with Crippen molar-refractivity contribution in [3.05, 3.63) is 53.3 Å². The van der Waals surface area contributed by atoms with Gasteiger partial charge in [-0.25, -0.2) is 12.8 Å². The van der Waals surface area contributed by atoms with Crippen LogP contribution in [0, 0.1) is 11.7 Å². The van der Waals surface area contributed by atoms with E-state index in [0.29, 0.717) is 23.6 Å². The van der Waals surface area contributed by atoms with Gasteiger partial charge >= 0.3 is 0 Å². The van der Waals surface area contributed by atoms with Gasteiger partial charge in [-0.2, -0.15) is 4.31 Å². The summed E-state index contributed by atoms with van der Waals surface area (Å²) >= 11 is 6.07. The van der Waals surface area contributed by atoms with Crippen LogP contribution in [0.25, 0.3) is 0 Å². The molecule has 0 bridgehead atoms. The molecule has 0 aromatic heterocycles. The summed E-state index contributed by atoms with van der Waals surface area (Å²) in [6.07, 6.45) is 1.06. The van der Waals surface area contributed by atoms with Crippen LogP contribution in [0.4, 0.5) is 10.1 Å². The third kappa shape index (κ3) is 4.29. The number of rotatable bonds is 5. The van der Waals surface area contributed by atoms with Crippen molar-refractivity contribution in [2.75, 3.05) is 25.5 Å². The summed E-state index contributed by atoms with van der Waals surface area (Å²) in [7, 11) is -2.69. The average Bonchev–Trinajstić information content (AvgIpc) is 2.69. The van der Waals surface area contributed by atoms with E-state index in [-0.39, 0.29) is 29.6 Å². The van der Waals surface area contributed by atoms with E-state index in [1.807, 2.05) is 0 Å². The predicted octanol–water partition coefficient (Wildman–Crippen LogP) is 3.53. The zero-order chi connectivity index (χ0) is 20.3. The van der Waals surface area contributed by atoms with Crippen molar-refractivity contribution < 1.29 is 22.3 Å². The first kappa shape index (κ1) is 20.6. The molecular weight excluding hydrogens is 407 g/mol. The highest BCUT2D eigenvalue weighted by molar-refractivity contribution is 7.89. The maximum atomic E-state index is 13.7. The molecule has 1 atom stereocenters. The average molecular weight is 427 g/mol. The molecule has 0 aliphatic carbocycles. The van der Waals surface area contributed by atoms with Crippen molar-refractivity contribution in [2.24, 2.45) is 5.92 Å². The standard InChI is InChI=1S/C19H20ClFN2O4S/c1-27-17-9-8-14(21)11-18(17)28(25,26)23-10-4-5-13(12-23)19(24)22-16-7-3-2-6-15(16)20/h2-3,6-9,11,13H,4-5,10,12H2,1H3,(H,22,24)/t13-/m0/s1. The minimum absolute atomic E-state index is 0.00170. The predicted molar refractivity (Wildman–Crippen MR) is 105 cm³/mol. The number of carbonyl (C=O) groups is 1. The normalized spacial score (nSPS) is 17.9. The van der Waals surface area contributed by atoms with Gasteiger partial charge in [0, 0.05) is 13.1 Å². The second-order valence-electron chi connectivity index (χ2n) is 6.47. The zero-order valence-corrected chi connectivity index (χ0v) is 16.8. The highest BCUT2D eigenvalue weighted by atomic mass is 35.5. The van der Waals surface area contributed by atoms with Gasteiger partial charge in [0.25, 0.3) is 0 Å². The molecule has 1 saturated heterocycles.